The lowest BCUT2D eigenvalue weighted by atomic mass is 10.2. The van der Waals surface area contributed by atoms with Crippen LogP contribution in [0.3, 0.4) is 0 Å². The maximum absolute atomic E-state index is 12.6. The molecule has 2 aliphatic heterocycles. The third-order valence-corrected chi connectivity index (χ3v) is 6.95. The summed E-state index contributed by atoms with van der Waals surface area (Å²) >= 11 is 1.55. The number of aromatic nitrogens is 2. The Hall–Kier alpha value is -1.48. The SMILES string of the molecule is Cc1sc2nc(CCC(=O)N3CCC(N4CCNCC4)C3)[nH]c(=O)c2c1C.Cl. The van der Waals surface area contributed by atoms with Crippen LogP contribution in [0.1, 0.15) is 29.1 Å². The molecule has 0 aromatic carbocycles. The molecule has 2 aromatic rings. The molecule has 2 fully saturated rings. The van der Waals surface area contributed by atoms with Crippen LogP contribution in [0, 0.1) is 13.8 Å². The van der Waals surface area contributed by atoms with Crippen molar-refractivity contribution in [1.29, 1.82) is 0 Å². The van der Waals surface area contributed by atoms with E-state index in [9.17, 15) is 9.59 Å². The molecule has 2 N–H and O–H groups in total. The van der Waals surface area contributed by atoms with Gasteiger partial charge in [-0.05, 0) is 25.8 Å². The highest BCUT2D eigenvalue weighted by Gasteiger charge is 2.30. The van der Waals surface area contributed by atoms with Gasteiger partial charge in [0, 0.05) is 63.0 Å². The molecule has 0 spiro atoms. The molecule has 1 unspecified atom stereocenters. The fraction of sp³-hybridized carbons (Fsp3) is 0.632. The quantitative estimate of drug-likeness (QED) is 0.775. The van der Waals surface area contributed by atoms with Gasteiger partial charge < -0.3 is 15.2 Å². The lowest BCUT2D eigenvalue weighted by molar-refractivity contribution is -0.130. The number of hydrogen-bond acceptors (Lipinski definition) is 6. The molecular formula is C19H28ClN5O2S. The summed E-state index contributed by atoms with van der Waals surface area (Å²) in [5.41, 5.74) is 0.909. The smallest absolute Gasteiger partial charge is 0.259 e. The second-order valence-electron chi connectivity index (χ2n) is 7.54. The summed E-state index contributed by atoms with van der Waals surface area (Å²) in [4.78, 5) is 38.8. The van der Waals surface area contributed by atoms with Gasteiger partial charge in [-0.3, -0.25) is 14.5 Å². The van der Waals surface area contributed by atoms with E-state index < -0.39 is 0 Å². The van der Waals surface area contributed by atoms with Crippen molar-refractivity contribution in [3.05, 3.63) is 26.6 Å². The van der Waals surface area contributed by atoms with Crippen LogP contribution < -0.4 is 10.9 Å². The van der Waals surface area contributed by atoms with Crippen LogP contribution >= 0.6 is 23.7 Å². The second kappa shape index (κ2) is 8.90. The van der Waals surface area contributed by atoms with Crippen molar-refractivity contribution in [1.82, 2.24) is 25.1 Å². The number of carbonyl (C=O) groups is 1. The third-order valence-electron chi connectivity index (χ3n) is 5.85. The first kappa shape index (κ1) is 21.2. The van der Waals surface area contributed by atoms with Gasteiger partial charge in [-0.25, -0.2) is 4.98 Å². The Bertz CT molecular complexity index is 906. The van der Waals surface area contributed by atoms with Gasteiger partial charge in [0.1, 0.15) is 10.7 Å². The van der Waals surface area contributed by atoms with Crippen molar-refractivity contribution in [3.8, 4) is 0 Å². The summed E-state index contributed by atoms with van der Waals surface area (Å²) in [5.74, 6) is 0.772. The zero-order chi connectivity index (χ0) is 19.0. The largest absolute Gasteiger partial charge is 0.341 e. The first-order chi connectivity index (χ1) is 13.0. The Balaban J connectivity index is 0.00000225. The number of rotatable bonds is 4. The number of aryl methyl sites for hydroxylation is 3. The van der Waals surface area contributed by atoms with E-state index in [-0.39, 0.29) is 23.9 Å². The summed E-state index contributed by atoms with van der Waals surface area (Å²) in [6.07, 6.45) is 1.93. The van der Waals surface area contributed by atoms with Gasteiger partial charge in [0.15, 0.2) is 0 Å². The lowest BCUT2D eigenvalue weighted by Crippen LogP contribution is -2.49. The summed E-state index contributed by atoms with van der Waals surface area (Å²) in [5, 5.41) is 4.06. The number of nitrogens with zero attached hydrogens (tertiary/aromatic N) is 3. The molecular weight excluding hydrogens is 398 g/mol. The van der Waals surface area contributed by atoms with Gasteiger partial charge >= 0.3 is 0 Å². The minimum Gasteiger partial charge on any atom is -0.341 e. The van der Waals surface area contributed by atoms with E-state index in [2.05, 4.69) is 20.2 Å². The molecule has 1 amide bonds. The molecule has 2 saturated heterocycles. The van der Waals surface area contributed by atoms with Gasteiger partial charge in [0.2, 0.25) is 5.91 Å². The molecule has 4 rings (SSSR count). The van der Waals surface area contributed by atoms with Crippen molar-refractivity contribution in [3.63, 3.8) is 0 Å². The summed E-state index contributed by atoms with van der Waals surface area (Å²) in [7, 11) is 0. The minimum absolute atomic E-state index is 0. The van der Waals surface area contributed by atoms with Crippen LogP contribution in [0.2, 0.25) is 0 Å². The van der Waals surface area contributed by atoms with Crippen molar-refractivity contribution in [2.45, 2.75) is 39.2 Å². The number of fused-ring (bicyclic) bond motifs is 1. The highest BCUT2D eigenvalue weighted by Crippen LogP contribution is 2.26. The maximum atomic E-state index is 12.6. The van der Waals surface area contributed by atoms with Crippen LogP contribution in [0.15, 0.2) is 4.79 Å². The zero-order valence-electron chi connectivity index (χ0n) is 16.4. The Morgan fingerprint density at radius 3 is 2.75 bits per heavy atom. The molecule has 28 heavy (non-hydrogen) atoms. The monoisotopic (exact) mass is 425 g/mol. The first-order valence-corrected chi connectivity index (χ1v) is 10.6. The van der Waals surface area contributed by atoms with Gasteiger partial charge in [-0.2, -0.15) is 0 Å². The predicted molar refractivity (Wildman–Crippen MR) is 115 cm³/mol. The van der Waals surface area contributed by atoms with E-state index in [1.807, 2.05) is 18.7 Å². The molecule has 0 saturated carbocycles. The molecule has 154 valence electrons. The van der Waals surface area contributed by atoms with Crippen molar-refractivity contribution >= 4 is 39.9 Å². The van der Waals surface area contributed by atoms with Crippen LogP contribution in [-0.2, 0) is 11.2 Å². The fourth-order valence-corrected chi connectivity index (χ4v) is 5.16. The molecule has 2 aromatic heterocycles. The van der Waals surface area contributed by atoms with Crippen LogP contribution in [-0.4, -0.2) is 71.0 Å². The topological polar surface area (TPSA) is 81.3 Å². The van der Waals surface area contributed by atoms with E-state index in [0.29, 0.717) is 30.1 Å². The van der Waals surface area contributed by atoms with Gasteiger partial charge in [-0.15, -0.1) is 23.7 Å². The van der Waals surface area contributed by atoms with Gasteiger partial charge in [0.05, 0.1) is 5.39 Å². The predicted octanol–water partition coefficient (Wildman–Crippen LogP) is 1.46. The number of nitrogens with one attached hydrogen (secondary N) is 2. The number of thiophene rings is 1. The van der Waals surface area contributed by atoms with Crippen LogP contribution in [0.5, 0.6) is 0 Å². The molecule has 2 aliphatic rings. The minimum atomic E-state index is -0.0933. The van der Waals surface area contributed by atoms with E-state index in [0.717, 1.165) is 61.0 Å². The standard InChI is InChI=1S/C19H27N5O2S.ClH/c1-12-13(2)27-19-17(12)18(26)21-15(22-19)3-4-16(25)24-8-5-14(11-24)23-9-6-20-7-10-23;/h14,20H,3-11H2,1-2H3,(H,21,22,26);1H. The normalized spacial score (nSPS) is 20.5. The molecule has 0 bridgehead atoms. The Kier molecular flexibility index (Phi) is 6.75. The summed E-state index contributed by atoms with van der Waals surface area (Å²) < 4.78 is 0. The average Bonchev–Trinajstić information content (AvgIpc) is 3.26. The highest BCUT2D eigenvalue weighted by molar-refractivity contribution is 7.18. The summed E-state index contributed by atoms with van der Waals surface area (Å²) in [6, 6.07) is 0.488. The molecule has 4 heterocycles. The lowest BCUT2D eigenvalue weighted by Gasteiger charge is -2.32. The molecule has 0 aliphatic carbocycles. The number of amides is 1. The second-order valence-corrected chi connectivity index (χ2v) is 8.75. The Morgan fingerprint density at radius 2 is 2.00 bits per heavy atom. The van der Waals surface area contributed by atoms with Crippen molar-refractivity contribution in [2.75, 3.05) is 39.3 Å². The Labute approximate surface area is 174 Å². The molecule has 0 radical (unpaired) electrons. The molecule has 7 nitrogen and oxygen atoms in total. The number of H-pyrrole nitrogens is 1. The fourth-order valence-electron chi connectivity index (χ4n) is 4.11. The average molecular weight is 426 g/mol. The third kappa shape index (κ3) is 4.25. The Morgan fingerprint density at radius 1 is 1.25 bits per heavy atom. The first-order valence-electron chi connectivity index (χ1n) is 9.74. The van der Waals surface area contributed by atoms with Crippen molar-refractivity contribution < 1.29 is 4.79 Å². The van der Waals surface area contributed by atoms with E-state index in [1.165, 1.54) is 0 Å². The maximum Gasteiger partial charge on any atom is 0.259 e. The number of piperazine rings is 1. The molecule has 1 atom stereocenters. The van der Waals surface area contributed by atoms with Gasteiger partial charge in [0.25, 0.3) is 5.56 Å². The number of hydrogen-bond donors (Lipinski definition) is 2. The van der Waals surface area contributed by atoms with E-state index >= 15 is 0 Å². The van der Waals surface area contributed by atoms with Crippen molar-refractivity contribution in [2.24, 2.45) is 0 Å². The van der Waals surface area contributed by atoms with Crippen LogP contribution in [0.25, 0.3) is 10.2 Å². The number of likely N-dealkylation sites (tertiary alicyclic amines) is 1. The van der Waals surface area contributed by atoms with Crippen LogP contribution in [0.4, 0.5) is 0 Å². The van der Waals surface area contributed by atoms with E-state index in [1.54, 1.807) is 11.3 Å². The number of aromatic amines is 1. The zero-order valence-corrected chi connectivity index (χ0v) is 18.0. The number of halogens is 1. The summed E-state index contributed by atoms with van der Waals surface area (Å²) in [6.45, 7) is 9.82. The molecule has 9 heteroatoms. The highest BCUT2D eigenvalue weighted by atomic mass is 35.5. The number of carbonyl (C=O) groups excluding carboxylic acids is 1. The van der Waals surface area contributed by atoms with E-state index in [4.69, 9.17) is 0 Å². The van der Waals surface area contributed by atoms with Gasteiger partial charge in [-0.1, -0.05) is 0 Å².